The van der Waals surface area contributed by atoms with E-state index in [2.05, 4.69) is 20.6 Å². The van der Waals surface area contributed by atoms with Crippen molar-refractivity contribution in [3.8, 4) is 16.3 Å². The van der Waals surface area contributed by atoms with Gasteiger partial charge in [0.2, 0.25) is 5.95 Å². The van der Waals surface area contributed by atoms with Crippen LogP contribution in [0.25, 0.3) is 20.8 Å². The molecule has 3 N–H and O–H groups in total. The molecule has 2 aromatic heterocycles. The van der Waals surface area contributed by atoms with Gasteiger partial charge in [-0.2, -0.15) is 18.2 Å². The van der Waals surface area contributed by atoms with Crippen LogP contribution in [0.3, 0.4) is 0 Å². The molecular weight excluding hydrogens is 443 g/mol. The van der Waals surface area contributed by atoms with Gasteiger partial charge in [0.1, 0.15) is 23.1 Å². The third-order valence-electron chi connectivity index (χ3n) is 5.49. The van der Waals surface area contributed by atoms with Gasteiger partial charge < -0.3 is 20.5 Å². The minimum atomic E-state index is -4.38. The quantitative estimate of drug-likeness (QED) is 0.467. The Bertz CT molecular complexity index is 1100. The second-order valence-electron chi connectivity index (χ2n) is 7.88. The first kappa shape index (κ1) is 22.5. The number of hydrogen-bond donors (Lipinski definition) is 3. The molecule has 2 heterocycles. The summed E-state index contributed by atoms with van der Waals surface area (Å²) in [6.07, 6.45) is -1.89. The maximum atomic E-state index is 12.7. The fourth-order valence-electron chi connectivity index (χ4n) is 3.90. The average Bonchev–Trinajstić information content (AvgIpc) is 3.37. The average molecular weight is 468 g/mol. The number of nitrogens with zero attached hydrogens (tertiary/aromatic N) is 3. The number of fused-ring (bicyclic) bond motifs is 1. The Balaban J connectivity index is 1.72. The van der Waals surface area contributed by atoms with E-state index in [1.165, 1.54) is 11.3 Å². The number of aryl methyl sites for hydroxylation is 1. The highest BCUT2D eigenvalue weighted by Crippen LogP contribution is 2.38. The molecule has 32 heavy (non-hydrogen) atoms. The summed E-state index contributed by atoms with van der Waals surface area (Å²) >= 11 is 1.46. The highest BCUT2D eigenvalue weighted by molar-refractivity contribution is 7.21. The predicted octanol–water partition coefficient (Wildman–Crippen LogP) is 4.62. The number of aromatic nitrogens is 3. The number of benzene rings is 1. The Labute approximate surface area is 187 Å². The summed E-state index contributed by atoms with van der Waals surface area (Å²) < 4.78 is 44.3. The lowest BCUT2D eigenvalue weighted by Gasteiger charge is -2.18. The summed E-state index contributed by atoms with van der Waals surface area (Å²) in [5.41, 5.74) is 1.94. The summed E-state index contributed by atoms with van der Waals surface area (Å²) in [7, 11) is 1.59. The van der Waals surface area contributed by atoms with Crippen LogP contribution in [-0.4, -0.2) is 52.5 Å². The van der Waals surface area contributed by atoms with Gasteiger partial charge in [-0.15, -0.1) is 11.3 Å². The highest BCUT2D eigenvalue weighted by atomic mass is 32.1. The third kappa shape index (κ3) is 5.04. The molecule has 1 saturated carbocycles. The van der Waals surface area contributed by atoms with Crippen LogP contribution < -0.4 is 15.4 Å². The van der Waals surface area contributed by atoms with Gasteiger partial charge in [-0.3, -0.25) is 0 Å². The molecule has 2 atom stereocenters. The van der Waals surface area contributed by atoms with E-state index in [0.717, 1.165) is 29.5 Å². The number of aliphatic hydroxyl groups is 1. The molecule has 0 amide bonds. The van der Waals surface area contributed by atoms with Crippen LogP contribution in [-0.2, 0) is 0 Å². The lowest BCUT2D eigenvalue weighted by Crippen LogP contribution is -2.24. The first-order valence-corrected chi connectivity index (χ1v) is 11.1. The first-order valence-electron chi connectivity index (χ1n) is 10.3. The van der Waals surface area contributed by atoms with Crippen LogP contribution in [0.2, 0.25) is 0 Å². The standard InChI is InChI=1S/C21H24F3N5O2S/c1-11-17(19-28-15-8-14(31-2)5-6-16(15)32-19)18(27-13-4-3-12(7-13)9-30)29-20(26-11)25-10-21(22,23)24/h5-6,8,12-13,30H,3-4,7,9-10H2,1-2H3,(H2,25,26,27,29)/t12-,13+/m1/s1. The van der Waals surface area contributed by atoms with Gasteiger partial charge in [0.15, 0.2) is 0 Å². The molecule has 4 rings (SSSR count). The number of aliphatic hydroxyl groups excluding tert-OH is 1. The summed E-state index contributed by atoms with van der Waals surface area (Å²) in [6.45, 7) is 0.632. The van der Waals surface area contributed by atoms with Gasteiger partial charge >= 0.3 is 6.18 Å². The van der Waals surface area contributed by atoms with Gasteiger partial charge in [0.05, 0.1) is 28.6 Å². The van der Waals surface area contributed by atoms with Crippen LogP contribution >= 0.6 is 11.3 Å². The van der Waals surface area contributed by atoms with Crippen molar-refractivity contribution in [1.29, 1.82) is 0 Å². The van der Waals surface area contributed by atoms with Gasteiger partial charge in [-0.25, -0.2) is 9.97 Å². The first-order chi connectivity index (χ1) is 15.3. The molecule has 0 aliphatic heterocycles. The Morgan fingerprint density at radius 2 is 2.03 bits per heavy atom. The molecule has 0 spiro atoms. The fourth-order valence-corrected chi connectivity index (χ4v) is 4.94. The molecule has 0 radical (unpaired) electrons. The predicted molar refractivity (Wildman–Crippen MR) is 118 cm³/mol. The zero-order valence-corrected chi connectivity index (χ0v) is 18.5. The minimum Gasteiger partial charge on any atom is -0.497 e. The van der Waals surface area contributed by atoms with Crippen LogP contribution in [0.5, 0.6) is 5.75 Å². The van der Waals surface area contributed by atoms with E-state index in [1.807, 2.05) is 18.2 Å². The molecule has 1 aliphatic rings. The third-order valence-corrected chi connectivity index (χ3v) is 6.54. The Kier molecular flexibility index (Phi) is 6.38. The van der Waals surface area contributed by atoms with Crippen molar-refractivity contribution in [3.63, 3.8) is 0 Å². The van der Waals surface area contributed by atoms with Crippen LogP contribution in [0.1, 0.15) is 25.0 Å². The van der Waals surface area contributed by atoms with Gasteiger partial charge in [-0.05, 0) is 44.2 Å². The Hall–Kier alpha value is -2.66. The number of hydrogen-bond acceptors (Lipinski definition) is 8. The molecule has 1 aromatic carbocycles. The Morgan fingerprint density at radius 3 is 2.72 bits per heavy atom. The molecule has 0 saturated heterocycles. The minimum absolute atomic E-state index is 0.0603. The maximum Gasteiger partial charge on any atom is 0.405 e. The number of rotatable bonds is 7. The van der Waals surface area contributed by atoms with Crippen LogP contribution in [0, 0.1) is 12.8 Å². The zero-order valence-electron chi connectivity index (χ0n) is 17.7. The monoisotopic (exact) mass is 467 g/mol. The molecule has 11 heteroatoms. The second-order valence-corrected chi connectivity index (χ2v) is 8.91. The number of halogens is 3. The van der Waals surface area contributed by atoms with E-state index in [1.54, 1.807) is 14.0 Å². The van der Waals surface area contributed by atoms with E-state index in [9.17, 15) is 18.3 Å². The molecule has 3 aromatic rings. The van der Waals surface area contributed by atoms with Gasteiger partial charge in [0.25, 0.3) is 0 Å². The number of thiazole rings is 1. The van der Waals surface area contributed by atoms with E-state index in [0.29, 0.717) is 27.8 Å². The van der Waals surface area contributed by atoms with Crippen LogP contribution in [0.15, 0.2) is 18.2 Å². The molecule has 0 unspecified atom stereocenters. The van der Waals surface area contributed by atoms with E-state index in [-0.39, 0.29) is 24.5 Å². The maximum absolute atomic E-state index is 12.7. The number of methoxy groups -OCH3 is 1. The smallest absolute Gasteiger partial charge is 0.405 e. The summed E-state index contributed by atoms with van der Waals surface area (Å²) in [6, 6.07) is 5.66. The van der Waals surface area contributed by atoms with Crippen molar-refractivity contribution < 1.29 is 23.0 Å². The van der Waals surface area contributed by atoms with Crippen molar-refractivity contribution in [2.24, 2.45) is 5.92 Å². The molecular formula is C21H24F3N5O2S. The van der Waals surface area contributed by atoms with Gasteiger partial charge in [-0.1, -0.05) is 0 Å². The van der Waals surface area contributed by atoms with E-state index in [4.69, 9.17) is 9.72 Å². The molecule has 7 nitrogen and oxygen atoms in total. The van der Waals surface area contributed by atoms with Crippen molar-refractivity contribution in [2.45, 2.75) is 38.4 Å². The zero-order chi connectivity index (χ0) is 22.9. The highest BCUT2D eigenvalue weighted by Gasteiger charge is 2.29. The fraction of sp³-hybridized carbons (Fsp3) is 0.476. The SMILES string of the molecule is COc1ccc2sc(-c3c(C)nc(NCC(F)(F)F)nc3N[C@H]3CC[C@@H](CO)C3)nc2c1. The molecule has 1 fully saturated rings. The number of anilines is 2. The summed E-state index contributed by atoms with van der Waals surface area (Å²) in [4.78, 5) is 13.4. The van der Waals surface area contributed by atoms with Crippen molar-refractivity contribution in [1.82, 2.24) is 15.0 Å². The number of alkyl halides is 3. The van der Waals surface area contributed by atoms with Crippen molar-refractivity contribution in [2.75, 3.05) is 30.9 Å². The second kappa shape index (κ2) is 9.07. The lowest BCUT2D eigenvalue weighted by molar-refractivity contribution is -0.115. The number of nitrogens with one attached hydrogen (secondary N) is 2. The van der Waals surface area contributed by atoms with Crippen molar-refractivity contribution in [3.05, 3.63) is 23.9 Å². The molecule has 0 bridgehead atoms. The van der Waals surface area contributed by atoms with Crippen molar-refractivity contribution >= 4 is 33.3 Å². The summed E-state index contributed by atoms with van der Waals surface area (Å²) in [5.74, 6) is 1.24. The van der Waals surface area contributed by atoms with E-state index < -0.39 is 12.7 Å². The largest absolute Gasteiger partial charge is 0.497 e. The van der Waals surface area contributed by atoms with E-state index >= 15 is 0 Å². The number of ether oxygens (including phenoxy) is 1. The lowest BCUT2D eigenvalue weighted by atomic mass is 10.1. The Morgan fingerprint density at radius 1 is 1.22 bits per heavy atom. The normalized spacial score (nSPS) is 18.8. The molecule has 1 aliphatic carbocycles. The molecule has 172 valence electrons. The topological polar surface area (TPSA) is 92.2 Å². The van der Waals surface area contributed by atoms with Gasteiger partial charge in [0, 0.05) is 18.7 Å². The summed E-state index contributed by atoms with van der Waals surface area (Å²) in [5, 5.41) is 15.8. The van der Waals surface area contributed by atoms with Crippen LogP contribution in [0.4, 0.5) is 24.9 Å².